The molecule has 1 heterocycles. The smallest absolute Gasteiger partial charge is 0.303 e. The Morgan fingerprint density at radius 1 is 0.519 bits per heavy atom. The van der Waals surface area contributed by atoms with Gasteiger partial charge in [-0.1, -0.05) is 182 Å². The number of carbonyl (C=O) groups is 1. The van der Waals surface area contributed by atoms with E-state index in [2.05, 4.69) is 72.8 Å². The number of hydrogen-bond acceptors (Lipinski definition) is 6. The van der Waals surface area contributed by atoms with E-state index < -0.39 is 41.8 Å². The Bertz CT molecular complexity index is 1800. The number of carbonyl (C=O) groups excluding carboxylic acids is 1. The van der Waals surface area contributed by atoms with E-state index in [-0.39, 0.29) is 6.61 Å². The molecule has 0 bridgehead atoms. The molecule has 1 saturated heterocycles. The normalized spacial score (nSPS) is 18.9. The lowest BCUT2D eigenvalue weighted by atomic mass is 9.79. The minimum atomic E-state index is -1.13. The molecule has 0 spiro atoms. The van der Waals surface area contributed by atoms with Crippen molar-refractivity contribution in [2.75, 3.05) is 13.7 Å². The van der Waals surface area contributed by atoms with Gasteiger partial charge in [-0.3, -0.25) is 4.79 Å². The fraction of sp³-hybridized carbons (Fsp3) is 0.196. The summed E-state index contributed by atoms with van der Waals surface area (Å²) in [6, 6.07) is 60.9. The fourth-order valence-corrected chi connectivity index (χ4v) is 7.38. The first-order chi connectivity index (χ1) is 25.6. The maximum Gasteiger partial charge on any atom is 0.303 e. The molecule has 0 saturated carbocycles. The second kappa shape index (κ2) is 15.9. The molecule has 6 aromatic carbocycles. The zero-order valence-electron chi connectivity index (χ0n) is 29.3. The third-order valence-electron chi connectivity index (χ3n) is 9.66. The molecule has 52 heavy (non-hydrogen) atoms. The van der Waals surface area contributed by atoms with Crippen LogP contribution >= 0.6 is 0 Å². The van der Waals surface area contributed by atoms with E-state index in [1.54, 1.807) is 7.11 Å². The van der Waals surface area contributed by atoms with Gasteiger partial charge in [0.25, 0.3) is 0 Å². The number of methoxy groups -OCH3 is 1. The first kappa shape index (κ1) is 35.1. The Kier molecular flexibility index (Phi) is 10.7. The molecule has 0 aromatic heterocycles. The first-order valence-corrected chi connectivity index (χ1v) is 17.6. The van der Waals surface area contributed by atoms with Crippen LogP contribution in [0.4, 0.5) is 0 Å². The highest BCUT2D eigenvalue weighted by molar-refractivity contribution is 5.66. The number of hydrogen-bond donors (Lipinski definition) is 0. The van der Waals surface area contributed by atoms with Gasteiger partial charge >= 0.3 is 5.97 Å². The highest BCUT2D eigenvalue weighted by Crippen LogP contribution is 2.46. The molecule has 6 aromatic rings. The van der Waals surface area contributed by atoms with Crippen LogP contribution in [0.25, 0.3) is 0 Å². The van der Waals surface area contributed by atoms with Gasteiger partial charge in [-0.05, 0) is 33.4 Å². The Balaban J connectivity index is 1.38. The SMILES string of the molecule is CO[C@@H]1O[C@@H](COC(c2ccccc2)(c2ccccc2)c2ccccc2)[C@H](OC(c2ccccc2)(c2ccccc2)c2ccccc2)[C@H]1OC(C)=O. The monoisotopic (exact) mass is 690 g/mol. The van der Waals surface area contributed by atoms with Crippen LogP contribution in [0.5, 0.6) is 0 Å². The van der Waals surface area contributed by atoms with Crippen molar-refractivity contribution in [2.24, 2.45) is 0 Å². The lowest BCUT2D eigenvalue weighted by molar-refractivity contribution is -0.183. The van der Waals surface area contributed by atoms with Crippen molar-refractivity contribution in [1.82, 2.24) is 0 Å². The predicted octanol–water partition coefficient (Wildman–Crippen LogP) is 8.68. The lowest BCUT2D eigenvalue weighted by Crippen LogP contribution is -2.48. The average molecular weight is 691 g/mol. The molecule has 0 unspecified atom stereocenters. The van der Waals surface area contributed by atoms with Crippen molar-refractivity contribution in [3.8, 4) is 0 Å². The summed E-state index contributed by atoms with van der Waals surface area (Å²) in [6.45, 7) is 1.45. The van der Waals surface area contributed by atoms with E-state index in [9.17, 15) is 4.79 Å². The van der Waals surface area contributed by atoms with Crippen LogP contribution in [0.3, 0.4) is 0 Å². The van der Waals surface area contributed by atoms with E-state index in [0.717, 1.165) is 33.4 Å². The van der Waals surface area contributed by atoms with Crippen LogP contribution in [-0.2, 0) is 39.7 Å². The van der Waals surface area contributed by atoms with Crippen molar-refractivity contribution in [3.63, 3.8) is 0 Å². The summed E-state index contributed by atoms with van der Waals surface area (Å²) in [6.07, 6.45) is -3.40. The summed E-state index contributed by atoms with van der Waals surface area (Å²) in [5, 5.41) is 0. The van der Waals surface area contributed by atoms with Gasteiger partial charge in [0.2, 0.25) is 0 Å². The standard InChI is InChI=1S/C46H42O6/c1-34(47)50-43-42(52-46(38-27-15-6-16-28-38,39-29-17-7-18-30-39)40-31-19-8-20-32-40)41(51-44(43)48-2)33-49-45(35-21-9-3-10-22-35,36-23-11-4-12-24-36)37-25-13-5-14-26-37/h3-32,41-44H,33H2,1-2H3/t41-,42-,43+,44+/m0/s1. The van der Waals surface area contributed by atoms with Crippen LogP contribution < -0.4 is 0 Å². The second-order valence-electron chi connectivity index (χ2n) is 12.8. The van der Waals surface area contributed by atoms with Crippen molar-refractivity contribution in [2.45, 2.75) is 42.7 Å². The Morgan fingerprint density at radius 3 is 1.15 bits per heavy atom. The Morgan fingerprint density at radius 2 is 0.846 bits per heavy atom. The second-order valence-corrected chi connectivity index (χ2v) is 12.8. The molecule has 1 fully saturated rings. The zero-order chi connectivity index (χ0) is 35.8. The number of benzene rings is 6. The number of esters is 1. The molecule has 262 valence electrons. The maximum absolute atomic E-state index is 12.7. The molecule has 0 N–H and O–H groups in total. The lowest BCUT2D eigenvalue weighted by Gasteiger charge is -2.41. The highest BCUT2D eigenvalue weighted by Gasteiger charge is 2.54. The quantitative estimate of drug-likeness (QED) is 0.0893. The largest absolute Gasteiger partial charge is 0.454 e. The maximum atomic E-state index is 12.7. The van der Waals surface area contributed by atoms with Gasteiger partial charge in [-0.2, -0.15) is 0 Å². The van der Waals surface area contributed by atoms with Crippen LogP contribution in [0.1, 0.15) is 40.3 Å². The molecule has 0 aliphatic carbocycles. The highest BCUT2D eigenvalue weighted by atomic mass is 16.7. The summed E-state index contributed by atoms with van der Waals surface area (Å²) >= 11 is 0. The van der Waals surface area contributed by atoms with E-state index in [1.165, 1.54) is 6.92 Å². The molecule has 1 aliphatic heterocycles. The summed E-state index contributed by atoms with van der Waals surface area (Å²) in [7, 11) is 1.54. The van der Waals surface area contributed by atoms with Gasteiger partial charge in [0.1, 0.15) is 23.4 Å². The van der Waals surface area contributed by atoms with Crippen LogP contribution in [0, 0.1) is 0 Å². The average Bonchev–Trinajstić information content (AvgIpc) is 3.53. The van der Waals surface area contributed by atoms with E-state index in [1.807, 2.05) is 109 Å². The molecular weight excluding hydrogens is 649 g/mol. The van der Waals surface area contributed by atoms with Crippen molar-refractivity contribution < 1.29 is 28.5 Å². The molecule has 6 nitrogen and oxygen atoms in total. The van der Waals surface area contributed by atoms with E-state index in [4.69, 9.17) is 23.7 Å². The fourth-order valence-electron chi connectivity index (χ4n) is 7.38. The van der Waals surface area contributed by atoms with Gasteiger partial charge in [0, 0.05) is 14.0 Å². The van der Waals surface area contributed by atoms with Gasteiger partial charge in [-0.15, -0.1) is 0 Å². The van der Waals surface area contributed by atoms with Gasteiger partial charge in [0.15, 0.2) is 12.4 Å². The Labute approximate surface area is 305 Å². The molecule has 4 atom stereocenters. The minimum absolute atomic E-state index is 0.0649. The molecule has 7 rings (SSSR count). The molecule has 0 radical (unpaired) electrons. The van der Waals surface area contributed by atoms with Crippen molar-refractivity contribution >= 4 is 5.97 Å². The molecule has 1 aliphatic rings. The van der Waals surface area contributed by atoms with Crippen LogP contribution in [0.2, 0.25) is 0 Å². The third-order valence-corrected chi connectivity index (χ3v) is 9.66. The third kappa shape index (κ3) is 6.82. The van der Waals surface area contributed by atoms with Crippen LogP contribution in [-0.4, -0.2) is 44.3 Å². The summed E-state index contributed by atoms with van der Waals surface area (Å²) in [4.78, 5) is 12.7. The molecule has 6 heteroatoms. The Hall–Kier alpha value is -5.37. The van der Waals surface area contributed by atoms with E-state index in [0.29, 0.717) is 0 Å². The summed E-state index contributed by atoms with van der Waals surface area (Å²) in [5.74, 6) is -0.470. The van der Waals surface area contributed by atoms with Crippen molar-refractivity contribution in [3.05, 3.63) is 215 Å². The van der Waals surface area contributed by atoms with Gasteiger partial charge in [0.05, 0.1) is 6.61 Å². The molecular formula is C46H42O6. The van der Waals surface area contributed by atoms with Crippen molar-refractivity contribution in [1.29, 1.82) is 0 Å². The summed E-state index contributed by atoms with van der Waals surface area (Å²) < 4.78 is 33.4. The minimum Gasteiger partial charge on any atom is -0.454 e. The topological polar surface area (TPSA) is 63.2 Å². The number of ether oxygens (including phenoxy) is 5. The van der Waals surface area contributed by atoms with Gasteiger partial charge < -0.3 is 23.7 Å². The zero-order valence-corrected chi connectivity index (χ0v) is 29.3. The van der Waals surface area contributed by atoms with Gasteiger partial charge in [-0.25, -0.2) is 0 Å². The van der Waals surface area contributed by atoms with E-state index >= 15 is 0 Å². The molecule has 0 amide bonds. The number of rotatable bonds is 13. The predicted molar refractivity (Wildman–Crippen MR) is 200 cm³/mol. The first-order valence-electron chi connectivity index (χ1n) is 17.6. The summed E-state index contributed by atoms with van der Waals surface area (Å²) in [5.41, 5.74) is 3.42. The van der Waals surface area contributed by atoms with Crippen LogP contribution in [0.15, 0.2) is 182 Å².